The van der Waals surface area contributed by atoms with Gasteiger partial charge in [-0.15, -0.1) is 0 Å². The number of hydrogen-bond donors (Lipinski definition) is 1. The van der Waals surface area contributed by atoms with Gasteiger partial charge in [0.25, 0.3) is 0 Å². The van der Waals surface area contributed by atoms with Crippen LogP contribution in [0.4, 0.5) is 0 Å². The van der Waals surface area contributed by atoms with Crippen molar-refractivity contribution in [2.24, 2.45) is 17.1 Å². The van der Waals surface area contributed by atoms with Gasteiger partial charge in [-0.3, -0.25) is 4.79 Å². The molecule has 114 valence electrons. The maximum Gasteiger partial charge on any atom is 0.235 e. The minimum absolute atomic E-state index is 0.154. The van der Waals surface area contributed by atoms with E-state index in [1.807, 2.05) is 11.9 Å². The van der Waals surface area contributed by atoms with Gasteiger partial charge in [0.15, 0.2) is 0 Å². The van der Waals surface area contributed by atoms with Crippen LogP contribution in [0.3, 0.4) is 0 Å². The van der Waals surface area contributed by atoms with E-state index >= 15 is 0 Å². The molecule has 4 nitrogen and oxygen atoms in total. The summed E-state index contributed by atoms with van der Waals surface area (Å²) in [5.74, 6) is 0.770. The predicted molar refractivity (Wildman–Crippen MR) is 85.5 cm³/mol. The second-order valence-corrected chi connectivity index (χ2v) is 7.03. The first kappa shape index (κ1) is 15.7. The van der Waals surface area contributed by atoms with Crippen LogP contribution < -0.4 is 5.73 Å². The molecular formula is C15H27N3OS. The van der Waals surface area contributed by atoms with Crippen LogP contribution in [0.5, 0.6) is 0 Å². The van der Waals surface area contributed by atoms with Crippen molar-refractivity contribution >= 4 is 23.1 Å². The number of likely N-dealkylation sites (tertiary alicyclic amines) is 1. The summed E-state index contributed by atoms with van der Waals surface area (Å²) >= 11 is 5.21. The molecule has 1 heterocycles. The lowest BCUT2D eigenvalue weighted by Crippen LogP contribution is -2.49. The average Bonchev–Trinajstić information content (AvgIpc) is 2.91. The molecule has 0 aromatic carbocycles. The third kappa shape index (κ3) is 3.14. The number of nitrogens with two attached hydrogens (primary N) is 1. The molecule has 20 heavy (non-hydrogen) atoms. The highest BCUT2D eigenvalue weighted by molar-refractivity contribution is 7.80. The minimum Gasteiger partial charge on any atom is -0.392 e. The van der Waals surface area contributed by atoms with Crippen LogP contribution in [0.1, 0.15) is 38.5 Å². The van der Waals surface area contributed by atoms with E-state index in [1.54, 1.807) is 0 Å². The van der Waals surface area contributed by atoms with Crippen LogP contribution in [0.2, 0.25) is 0 Å². The predicted octanol–water partition coefficient (Wildman–Crippen LogP) is 1.63. The van der Waals surface area contributed by atoms with Gasteiger partial charge in [0.05, 0.1) is 10.4 Å². The zero-order valence-electron chi connectivity index (χ0n) is 12.7. The highest BCUT2D eigenvalue weighted by atomic mass is 32.1. The lowest BCUT2D eigenvalue weighted by molar-refractivity contribution is -0.137. The highest BCUT2D eigenvalue weighted by Gasteiger charge is 2.45. The zero-order valence-corrected chi connectivity index (χ0v) is 13.5. The van der Waals surface area contributed by atoms with Crippen molar-refractivity contribution < 1.29 is 4.79 Å². The second-order valence-electron chi connectivity index (χ2n) is 6.59. The third-order valence-electron chi connectivity index (χ3n) is 5.06. The van der Waals surface area contributed by atoms with Crippen LogP contribution in [0.25, 0.3) is 0 Å². The Bertz CT molecular complexity index is 371. The maximum absolute atomic E-state index is 12.8. The second kappa shape index (κ2) is 6.39. The zero-order chi connectivity index (χ0) is 14.8. The molecule has 0 aromatic heterocycles. The average molecular weight is 297 g/mol. The van der Waals surface area contributed by atoms with E-state index < -0.39 is 5.41 Å². The van der Waals surface area contributed by atoms with Crippen molar-refractivity contribution in [2.45, 2.75) is 38.5 Å². The summed E-state index contributed by atoms with van der Waals surface area (Å²) in [5, 5.41) is 0. The van der Waals surface area contributed by atoms with Gasteiger partial charge in [-0.1, -0.05) is 25.1 Å². The van der Waals surface area contributed by atoms with E-state index in [0.29, 0.717) is 10.9 Å². The first-order chi connectivity index (χ1) is 9.45. The summed E-state index contributed by atoms with van der Waals surface area (Å²) in [4.78, 5) is 17.4. The van der Waals surface area contributed by atoms with Crippen LogP contribution in [0.15, 0.2) is 0 Å². The van der Waals surface area contributed by atoms with Crippen molar-refractivity contribution in [3.05, 3.63) is 0 Å². The number of hydrogen-bond acceptors (Lipinski definition) is 3. The summed E-state index contributed by atoms with van der Waals surface area (Å²) in [6.45, 7) is 3.11. The van der Waals surface area contributed by atoms with Gasteiger partial charge >= 0.3 is 0 Å². The topological polar surface area (TPSA) is 49.6 Å². The van der Waals surface area contributed by atoms with Gasteiger partial charge in [0.2, 0.25) is 5.91 Å². The quantitative estimate of drug-likeness (QED) is 0.801. The largest absolute Gasteiger partial charge is 0.392 e. The van der Waals surface area contributed by atoms with Crippen molar-refractivity contribution in [1.29, 1.82) is 0 Å². The number of thiocarbonyl (C=S) groups is 1. The fourth-order valence-electron chi connectivity index (χ4n) is 3.62. The molecule has 1 saturated carbocycles. The molecule has 2 rings (SSSR count). The van der Waals surface area contributed by atoms with Crippen molar-refractivity contribution in [3.63, 3.8) is 0 Å². The van der Waals surface area contributed by atoms with E-state index in [2.05, 4.69) is 11.9 Å². The van der Waals surface area contributed by atoms with Crippen LogP contribution in [0, 0.1) is 11.3 Å². The Morgan fingerprint density at radius 2 is 1.90 bits per heavy atom. The van der Waals surface area contributed by atoms with Gasteiger partial charge in [-0.2, -0.15) is 0 Å². The SMILES string of the molecule is CN1CCC(CN(C)C(=O)C2(C(N)=S)CCCC2)CC1. The minimum atomic E-state index is -0.546. The van der Waals surface area contributed by atoms with E-state index in [9.17, 15) is 4.79 Å². The van der Waals surface area contributed by atoms with Gasteiger partial charge in [0.1, 0.15) is 0 Å². The molecule has 1 amide bonds. The molecule has 1 aliphatic carbocycles. The molecule has 1 saturated heterocycles. The number of rotatable bonds is 4. The summed E-state index contributed by atoms with van der Waals surface area (Å²) in [6.07, 6.45) is 6.14. The summed E-state index contributed by atoms with van der Waals surface area (Å²) < 4.78 is 0. The molecule has 0 aromatic rings. The monoisotopic (exact) mass is 297 g/mol. The molecule has 0 unspecified atom stereocenters. The van der Waals surface area contributed by atoms with E-state index in [1.165, 1.54) is 12.8 Å². The molecular weight excluding hydrogens is 270 g/mol. The third-order valence-corrected chi connectivity index (χ3v) is 5.45. The Balaban J connectivity index is 1.95. The molecule has 5 heteroatoms. The molecule has 0 bridgehead atoms. The Morgan fingerprint density at radius 1 is 1.35 bits per heavy atom. The molecule has 1 aliphatic heterocycles. The molecule has 0 spiro atoms. The Morgan fingerprint density at radius 3 is 2.40 bits per heavy atom. The normalized spacial score (nSPS) is 23.7. The smallest absolute Gasteiger partial charge is 0.235 e. The number of carbonyl (C=O) groups excluding carboxylic acids is 1. The van der Waals surface area contributed by atoms with Crippen molar-refractivity contribution in [1.82, 2.24) is 9.80 Å². The highest BCUT2D eigenvalue weighted by Crippen LogP contribution is 2.40. The first-order valence-corrected chi connectivity index (χ1v) is 8.10. The molecule has 0 atom stereocenters. The molecule has 2 N–H and O–H groups in total. The molecule has 2 fully saturated rings. The van der Waals surface area contributed by atoms with Crippen molar-refractivity contribution in [3.8, 4) is 0 Å². The number of carbonyl (C=O) groups is 1. The van der Waals surface area contributed by atoms with E-state index in [4.69, 9.17) is 18.0 Å². The first-order valence-electron chi connectivity index (χ1n) is 7.70. The standard InChI is InChI=1S/C15H27N3OS/c1-17-9-5-12(6-10-17)11-18(2)14(19)15(13(16)20)7-3-4-8-15/h12H,3-11H2,1-2H3,(H2,16,20). The lowest BCUT2D eigenvalue weighted by atomic mass is 9.84. The molecule has 2 aliphatic rings. The van der Waals surface area contributed by atoms with Gasteiger partial charge in [0, 0.05) is 13.6 Å². The maximum atomic E-state index is 12.8. The fourth-order valence-corrected chi connectivity index (χ4v) is 3.92. The summed E-state index contributed by atoms with van der Waals surface area (Å²) in [6, 6.07) is 0. The fraction of sp³-hybridized carbons (Fsp3) is 0.867. The lowest BCUT2D eigenvalue weighted by Gasteiger charge is -2.35. The Kier molecular flexibility index (Phi) is 5.02. The van der Waals surface area contributed by atoms with Gasteiger partial charge in [-0.25, -0.2) is 0 Å². The van der Waals surface area contributed by atoms with Crippen molar-refractivity contribution in [2.75, 3.05) is 33.7 Å². The summed E-state index contributed by atoms with van der Waals surface area (Å²) in [7, 11) is 4.07. The van der Waals surface area contributed by atoms with Crippen LogP contribution in [-0.2, 0) is 4.79 Å². The number of amides is 1. The Hall–Kier alpha value is -0.680. The van der Waals surface area contributed by atoms with Crippen LogP contribution in [-0.4, -0.2) is 54.4 Å². The van der Waals surface area contributed by atoms with Gasteiger partial charge in [-0.05, 0) is 51.7 Å². The summed E-state index contributed by atoms with van der Waals surface area (Å²) in [5.41, 5.74) is 5.35. The molecule has 0 radical (unpaired) electrons. The number of nitrogens with zero attached hydrogens (tertiary/aromatic N) is 2. The van der Waals surface area contributed by atoms with Gasteiger partial charge < -0.3 is 15.5 Å². The van der Waals surface area contributed by atoms with E-state index in [0.717, 1.165) is 45.3 Å². The number of piperidine rings is 1. The Labute approximate surface area is 127 Å². The van der Waals surface area contributed by atoms with Crippen LogP contribution >= 0.6 is 12.2 Å². The van der Waals surface area contributed by atoms with E-state index in [-0.39, 0.29) is 5.91 Å².